The summed E-state index contributed by atoms with van der Waals surface area (Å²) in [5.74, 6) is 0. The van der Waals surface area contributed by atoms with Crippen LogP contribution in [0.25, 0.3) is 0 Å². The van der Waals surface area contributed by atoms with Gasteiger partial charge in [0.2, 0.25) is 0 Å². The molecule has 1 N–H and O–H groups in total. The smallest absolute Gasteiger partial charge is 0.00278 e. The Bertz CT molecular complexity index is 170. The minimum absolute atomic E-state index is 0.189. The maximum absolute atomic E-state index is 3.93. The maximum atomic E-state index is 3.93. The van der Waals surface area contributed by atoms with Gasteiger partial charge in [-0.25, -0.2) is 0 Å². The Hall–Kier alpha value is -0.720. The Kier molecular flexibility index (Phi) is 3.37. The van der Waals surface area contributed by atoms with Crippen molar-refractivity contribution in [3.8, 4) is 0 Å². The molecule has 0 saturated heterocycles. The van der Waals surface area contributed by atoms with Crippen molar-refractivity contribution in [2.45, 2.75) is 27.7 Å². The third-order valence-corrected chi connectivity index (χ3v) is 1.56. The van der Waals surface area contributed by atoms with Crippen LogP contribution >= 0.6 is 0 Å². The zero-order valence-corrected chi connectivity index (χ0v) is 8.28. The number of nitrogens with one attached hydrogen (secondary N) is 1. The van der Waals surface area contributed by atoms with Crippen LogP contribution in [0, 0.1) is 5.41 Å². The van der Waals surface area contributed by atoms with E-state index in [1.165, 1.54) is 5.57 Å². The number of hydrogen-bond donors (Lipinski definition) is 1. The molecule has 1 heteroatoms. The van der Waals surface area contributed by atoms with Crippen LogP contribution in [0.1, 0.15) is 27.7 Å². The van der Waals surface area contributed by atoms with Crippen LogP contribution in [-0.4, -0.2) is 7.05 Å². The van der Waals surface area contributed by atoms with Crippen molar-refractivity contribution in [1.82, 2.24) is 5.32 Å². The summed E-state index contributed by atoms with van der Waals surface area (Å²) in [6, 6.07) is 0. The molecular formula is C10H19N. The Morgan fingerprint density at radius 3 is 1.91 bits per heavy atom. The van der Waals surface area contributed by atoms with Gasteiger partial charge >= 0.3 is 0 Å². The van der Waals surface area contributed by atoms with Crippen LogP contribution in [0.4, 0.5) is 0 Å². The average molecular weight is 153 g/mol. The van der Waals surface area contributed by atoms with Gasteiger partial charge in [0.1, 0.15) is 0 Å². The highest BCUT2D eigenvalue weighted by Crippen LogP contribution is 2.29. The summed E-state index contributed by atoms with van der Waals surface area (Å²) in [6.45, 7) is 12.5. The Balaban J connectivity index is 4.63. The standard InChI is InChI=1S/C10H19N/c1-8(2)9(7-11-6)10(3,4)5/h7,11H,1H2,2-6H3/b9-7+. The summed E-state index contributed by atoms with van der Waals surface area (Å²) < 4.78 is 0. The molecule has 0 aromatic rings. The summed E-state index contributed by atoms with van der Waals surface area (Å²) in [5.41, 5.74) is 2.60. The Morgan fingerprint density at radius 2 is 1.82 bits per heavy atom. The molecule has 1 nitrogen and oxygen atoms in total. The Morgan fingerprint density at radius 1 is 1.36 bits per heavy atom. The van der Waals surface area contributed by atoms with E-state index in [0.717, 1.165) is 5.57 Å². The van der Waals surface area contributed by atoms with Crippen LogP contribution in [0.3, 0.4) is 0 Å². The van der Waals surface area contributed by atoms with E-state index in [0.29, 0.717) is 0 Å². The van der Waals surface area contributed by atoms with Gasteiger partial charge in [-0.05, 0) is 17.9 Å². The quantitative estimate of drug-likeness (QED) is 0.601. The van der Waals surface area contributed by atoms with Gasteiger partial charge in [-0.15, -0.1) is 0 Å². The summed E-state index contributed by atoms with van der Waals surface area (Å²) in [4.78, 5) is 0. The fourth-order valence-corrected chi connectivity index (χ4v) is 1.12. The molecule has 0 unspecified atom stereocenters. The molecule has 0 aliphatic heterocycles. The normalized spacial score (nSPS) is 13.0. The second kappa shape index (κ2) is 3.61. The van der Waals surface area contributed by atoms with Gasteiger partial charge in [-0.2, -0.15) is 0 Å². The minimum Gasteiger partial charge on any atom is -0.394 e. The molecule has 0 aliphatic carbocycles. The topological polar surface area (TPSA) is 12.0 Å². The first-order chi connectivity index (χ1) is 4.89. The lowest BCUT2D eigenvalue weighted by Crippen LogP contribution is -2.13. The predicted octanol–water partition coefficient (Wildman–Crippen LogP) is 2.71. The maximum Gasteiger partial charge on any atom is 0.00278 e. The van der Waals surface area contributed by atoms with Crippen molar-refractivity contribution in [2.24, 2.45) is 5.41 Å². The van der Waals surface area contributed by atoms with Gasteiger partial charge in [-0.3, -0.25) is 0 Å². The van der Waals surface area contributed by atoms with Crippen molar-refractivity contribution in [1.29, 1.82) is 0 Å². The van der Waals surface area contributed by atoms with Crippen LogP contribution < -0.4 is 5.32 Å². The molecule has 11 heavy (non-hydrogen) atoms. The van der Waals surface area contributed by atoms with E-state index in [1.807, 2.05) is 20.2 Å². The van der Waals surface area contributed by atoms with E-state index in [-0.39, 0.29) is 5.41 Å². The third-order valence-electron chi connectivity index (χ3n) is 1.56. The number of rotatable bonds is 2. The lowest BCUT2D eigenvalue weighted by molar-refractivity contribution is 0.507. The lowest BCUT2D eigenvalue weighted by Gasteiger charge is -2.23. The molecular weight excluding hydrogens is 134 g/mol. The molecule has 0 atom stereocenters. The minimum atomic E-state index is 0.189. The highest BCUT2D eigenvalue weighted by molar-refractivity contribution is 5.30. The van der Waals surface area contributed by atoms with Crippen molar-refractivity contribution in [2.75, 3.05) is 7.05 Å². The number of allylic oxidation sites excluding steroid dienone is 2. The monoisotopic (exact) mass is 153 g/mol. The molecule has 0 radical (unpaired) electrons. The molecule has 0 spiro atoms. The van der Waals surface area contributed by atoms with Crippen molar-refractivity contribution in [3.05, 3.63) is 23.9 Å². The fraction of sp³-hybridized carbons (Fsp3) is 0.600. The highest BCUT2D eigenvalue weighted by Gasteiger charge is 2.16. The van der Waals surface area contributed by atoms with E-state index in [2.05, 4.69) is 32.7 Å². The summed E-state index contributed by atoms with van der Waals surface area (Å²) >= 11 is 0. The predicted molar refractivity (Wildman–Crippen MR) is 51.4 cm³/mol. The van der Waals surface area contributed by atoms with Crippen molar-refractivity contribution >= 4 is 0 Å². The molecule has 0 aromatic carbocycles. The van der Waals surface area contributed by atoms with Crippen LogP contribution in [-0.2, 0) is 0 Å². The highest BCUT2D eigenvalue weighted by atomic mass is 14.8. The lowest BCUT2D eigenvalue weighted by atomic mass is 9.83. The first kappa shape index (κ1) is 10.3. The fourth-order valence-electron chi connectivity index (χ4n) is 1.12. The van der Waals surface area contributed by atoms with Gasteiger partial charge in [-0.1, -0.05) is 32.9 Å². The molecule has 0 bridgehead atoms. The van der Waals surface area contributed by atoms with Gasteiger partial charge in [0.25, 0.3) is 0 Å². The SMILES string of the molecule is C=C(C)/C(=C\NC)C(C)(C)C. The first-order valence-corrected chi connectivity index (χ1v) is 3.93. The largest absolute Gasteiger partial charge is 0.394 e. The Labute approximate surface area is 70.2 Å². The summed E-state index contributed by atoms with van der Waals surface area (Å²) in [5, 5.41) is 3.03. The van der Waals surface area contributed by atoms with Crippen molar-refractivity contribution < 1.29 is 0 Å². The van der Waals surface area contributed by atoms with E-state index in [9.17, 15) is 0 Å². The van der Waals surface area contributed by atoms with Crippen LogP contribution in [0.2, 0.25) is 0 Å². The molecule has 0 saturated carbocycles. The molecule has 0 fully saturated rings. The molecule has 0 aliphatic rings. The van der Waals surface area contributed by atoms with E-state index < -0.39 is 0 Å². The molecule has 0 heterocycles. The van der Waals surface area contributed by atoms with E-state index in [1.54, 1.807) is 0 Å². The average Bonchev–Trinajstić information content (AvgIpc) is 1.79. The van der Waals surface area contributed by atoms with E-state index >= 15 is 0 Å². The zero-order chi connectivity index (χ0) is 9.07. The van der Waals surface area contributed by atoms with Gasteiger partial charge in [0.15, 0.2) is 0 Å². The van der Waals surface area contributed by atoms with Gasteiger partial charge < -0.3 is 5.32 Å². The summed E-state index contributed by atoms with van der Waals surface area (Å²) in [6.07, 6.45) is 2.02. The van der Waals surface area contributed by atoms with Gasteiger partial charge in [0, 0.05) is 13.2 Å². The first-order valence-electron chi connectivity index (χ1n) is 3.93. The van der Waals surface area contributed by atoms with Crippen LogP contribution in [0.5, 0.6) is 0 Å². The molecule has 64 valence electrons. The summed E-state index contributed by atoms with van der Waals surface area (Å²) in [7, 11) is 1.91. The second-order valence-electron chi connectivity index (χ2n) is 3.88. The van der Waals surface area contributed by atoms with Gasteiger partial charge in [0.05, 0.1) is 0 Å². The molecule has 0 amide bonds. The van der Waals surface area contributed by atoms with Crippen LogP contribution in [0.15, 0.2) is 23.9 Å². The van der Waals surface area contributed by atoms with E-state index in [4.69, 9.17) is 0 Å². The molecule has 0 aromatic heterocycles. The number of hydrogen-bond acceptors (Lipinski definition) is 1. The third kappa shape index (κ3) is 3.26. The molecule has 0 rings (SSSR count). The zero-order valence-electron chi connectivity index (χ0n) is 8.28. The van der Waals surface area contributed by atoms with Crippen molar-refractivity contribution in [3.63, 3.8) is 0 Å². The second-order valence-corrected chi connectivity index (χ2v) is 3.88.